The maximum absolute atomic E-state index is 12.4. The number of aryl methyl sites for hydroxylation is 2. The maximum Gasteiger partial charge on any atom is 0.263 e. The average molecular weight is 301 g/mol. The van der Waals surface area contributed by atoms with Crippen molar-refractivity contribution in [2.75, 3.05) is 20.1 Å². The second-order valence-electron chi connectivity index (χ2n) is 5.27. The normalized spacial score (nSPS) is 19.1. The number of amides is 1. The molecular weight excluding hydrogens is 280 g/mol. The maximum atomic E-state index is 12.4. The number of nitrogens with one attached hydrogen (secondary N) is 1. The Bertz CT molecular complexity index is 431. The third kappa shape index (κ3) is 2.96. The first kappa shape index (κ1) is 14.8. The summed E-state index contributed by atoms with van der Waals surface area (Å²) in [7, 11) is 2.01. The quantitative estimate of drug-likeness (QED) is 0.910. The number of nitrogens with zero attached hydrogens (tertiary/aromatic N) is 1. The molecule has 5 heteroatoms. The number of carbonyl (C=O) groups excluding carboxylic acids is 1. The first-order valence-corrected chi connectivity index (χ1v) is 7.67. The van der Waals surface area contributed by atoms with E-state index in [1.807, 2.05) is 11.9 Å². The lowest BCUT2D eigenvalue weighted by molar-refractivity contribution is 0.0712. The van der Waals surface area contributed by atoms with Gasteiger partial charge in [-0.25, -0.2) is 0 Å². The Morgan fingerprint density at radius 1 is 1.37 bits per heavy atom. The fraction of sp³-hybridized carbons (Fsp3) is 0.643. The Kier molecular flexibility index (Phi) is 4.87. The van der Waals surface area contributed by atoms with Crippen molar-refractivity contribution in [3.8, 4) is 0 Å². The Balaban J connectivity index is 0.00000133. The summed E-state index contributed by atoms with van der Waals surface area (Å²) < 4.78 is 0. The van der Waals surface area contributed by atoms with Gasteiger partial charge in [0.25, 0.3) is 5.91 Å². The molecular formula is C14H21ClN2OS. The molecule has 1 fully saturated rings. The SMILES string of the molecule is CNC1CCN(C(=O)c2cc3c(s2)CCC3)CC1.Cl. The molecule has 1 N–H and O–H groups in total. The molecule has 1 aromatic rings. The Morgan fingerprint density at radius 3 is 2.74 bits per heavy atom. The van der Waals surface area contributed by atoms with Gasteiger partial charge in [-0.15, -0.1) is 23.7 Å². The number of halogens is 1. The monoisotopic (exact) mass is 300 g/mol. The van der Waals surface area contributed by atoms with Crippen molar-refractivity contribution in [3.05, 3.63) is 21.4 Å². The van der Waals surface area contributed by atoms with Crippen molar-refractivity contribution in [2.45, 2.75) is 38.1 Å². The van der Waals surface area contributed by atoms with Gasteiger partial charge in [-0.1, -0.05) is 0 Å². The number of thiophene rings is 1. The van der Waals surface area contributed by atoms with E-state index in [0.29, 0.717) is 6.04 Å². The first-order chi connectivity index (χ1) is 8.78. The van der Waals surface area contributed by atoms with Crippen molar-refractivity contribution in [1.29, 1.82) is 0 Å². The highest BCUT2D eigenvalue weighted by molar-refractivity contribution is 7.14. The van der Waals surface area contributed by atoms with Gasteiger partial charge < -0.3 is 10.2 Å². The summed E-state index contributed by atoms with van der Waals surface area (Å²) in [5, 5.41) is 3.30. The third-order valence-electron chi connectivity index (χ3n) is 4.15. The van der Waals surface area contributed by atoms with Gasteiger partial charge in [0, 0.05) is 24.0 Å². The van der Waals surface area contributed by atoms with Crippen LogP contribution in [0, 0.1) is 0 Å². The Hall–Kier alpha value is -0.580. The second-order valence-corrected chi connectivity index (χ2v) is 6.40. The molecule has 106 valence electrons. The van der Waals surface area contributed by atoms with Gasteiger partial charge in [-0.2, -0.15) is 0 Å². The van der Waals surface area contributed by atoms with E-state index in [0.717, 1.165) is 30.8 Å². The fourth-order valence-corrected chi connectivity index (χ4v) is 4.18. The largest absolute Gasteiger partial charge is 0.338 e. The highest BCUT2D eigenvalue weighted by atomic mass is 35.5. The summed E-state index contributed by atoms with van der Waals surface area (Å²) in [5.74, 6) is 0.254. The molecule has 0 atom stereocenters. The number of hydrogen-bond donors (Lipinski definition) is 1. The number of hydrogen-bond acceptors (Lipinski definition) is 3. The zero-order valence-electron chi connectivity index (χ0n) is 11.3. The molecule has 2 aliphatic rings. The van der Waals surface area contributed by atoms with Gasteiger partial charge in [0.15, 0.2) is 0 Å². The zero-order chi connectivity index (χ0) is 12.5. The molecule has 3 nitrogen and oxygen atoms in total. The summed E-state index contributed by atoms with van der Waals surface area (Å²) in [6.07, 6.45) is 5.76. The van der Waals surface area contributed by atoms with Gasteiger partial charge in [0.1, 0.15) is 0 Å². The highest BCUT2D eigenvalue weighted by Gasteiger charge is 2.25. The van der Waals surface area contributed by atoms with Crippen molar-refractivity contribution >= 4 is 29.7 Å². The molecule has 3 rings (SSSR count). The highest BCUT2D eigenvalue weighted by Crippen LogP contribution is 2.31. The molecule has 1 aliphatic heterocycles. The van der Waals surface area contributed by atoms with Gasteiger partial charge in [-0.3, -0.25) is 4.79 Å². The van der Waals surface area contributed by atoms with E-state index < -0.39 is 0 Å². The van der Waals surface area contributed by atoms with Crippen LogP contribution in [0.1, 0.15) is 39.4 Å². The van der Waals surface area contributed by atoms with E-state index in [1.165, 1.54) is 29.7 Å². The standard InChI is InChI=1S/C14H20N2OS.ClH/c1-15-11-5-7-16(8-6-11)14(17)13-9-10-3-2-4-12(10)18-13;/h9,11,15H,2-8H2,1H3;1H. The summed E-state index contributed by atoms with van der Waals surface area (Å²) in [5.41, 5.74) is 1.42. The van der Waals surface area contributed by atoms with Crippen LogP contribution >= 0.6 is 23.7 Å². The molecule has 0 bridgehead atoms. The van der Waals surface area contributed by atoms with Crippen LogP contribution in [0.25, 0.3) is 0 Å². The van der Waals surface area contributed by atoms with Crippen molar-refractivity contribution in [2.24, 2.45) is 0 Å². The number of piperidine rings is 1. The fourth-order valence-electron chi connectivity index (χ4n) is 2.96. The molecule has 0 aromatic carbocycles. The van der Waals surface area contributed by atoms with E-state index in [-0.39, 0.29) is 18.3 Å². The minimum atomic E-state index is 0. The second kappa shape index (κ2) is 6.25. The lowest BCUT2D eigenvalue weighted by Gasteiger charge is -2.31. The van der Waals surface area contributed by atoms with Crippen molar-refractivity contribution < 1.29 is 4.79 Å². The first-order valence-electron chi connectivity index (χ1n) is 6.86. The zero-order valence-corrected chi connectivity index (χ0v) is 12.9. The summed E-state index contributed by atoms with van der Waals surface area (Å²) in [4.78, 5) is 16.8. The molecule has 1 amide bonds. The average Bonchev–Trinajstić information content (AvgIpc) is 2.99. The lowest BCUT2D eigenvalue weighted by atomic mass is 10.1. The molecule has 0 spiro atoms. The van der Waals surface area contributed by atoms with Crippen LogP contribution in [-0.2, 0) is 12.8 Å². The van der Waals surface area contributed by atoms with Gasteiger partial charge in [0.2, 0.25) is 0 Å². The van der Waals surface area contributed by atoms with Crippen LogP contribution in [0.4, 0.5) is 0 Å². The molecule has 1 aliphatic carbocycles. The molecule has 0 unspecified atom stereocenters. The van der Waals surface area contributed by atoms with Crippen molar-refractivity contribution in [1.82, 2.24) is 10.2 Å². The lowest BCUT2D eigenvalue weighted by Crippen LogP contribution is -2.43. The predicted molar refractivity (Wildman–Crippen MR) is 81.6 cm³/mol. The van der Waals surface area contributed by atoms with E-state index in [4.69, 9.17) is 0 Å². The third-order valence-corrected chi connectivity index (χ3v) is 5.37. The van der Waals surface area contributed by atoms with E-state index in [9.17, 15) is 4.79 Å². The van der Waals surface area contributed by atoms with E-state index >= 15 is 0 Å². The van der Waals surface area contributed by atoms with Crippen LogP contribution in [0.2, 0.25) is 0 Å². The number of fused-ring (bicyclic) bond motifs is 1. The summed E-state index contributed by atoms with van der Waals surface area (Å²) >= 11 is 1.72. The summed E-state index contributed by atoms with van der Waals surface area (Å²) in [6, 6.07) is 2.72. The van der Waals surface area contributed by atoms with Crippen LogP contribution in [0.3, 0.4) is 0 Å². The molecule has 2 heterocycles. The van der Waals surface area contributed by atoms with Gasteiger partial charge in [-0.05, 0) is 50.8 Å². The smallest absolute Gasteiger partial charge is 0.263 e. The predicted octanol–water partition coefficient (Wildman–Crippen LogP) is 2.48. The molecule has 1 saturated heterocycles. The molecule has 0 radical (unpaired) electrons. The number of rotatable bonds is 2. The minimum Gasteiger partial charge on any atom is -0.338 e. The van der Waals surface area contributed by atoms with Crippen LogP contribution in [0.15, 0.2) is 6.07 Å². The number of likely N-dealkylation sites (tertiary alicyclic amines) is 1. The molecule has 1 aromatic heterocycles. The minimum absolute atomic E-state index is 0. The Labute approximate surface area is 124 Å². The van der Waals surface area contributed by atoms with Gasteiger partial charge in [0.05, 0.1) is 4.88 Å². The van der Waals surface area contributed by atoms with Crippen LogP contribution in [0.5, 0.6) is 0 Å². The van der Waals surface area contributed by atoms with E-state index in [1.54, 1.807) is 11.3 Å². The molecule has 19 heavy (non-hydrogen) atoms. The van der Waals surface area contributed by atoms with Crippen LogP contribution < -0.4 is 5.32 Å². The summed E-state index contributed by atoms with van der Waals surface area (Å²) in [6.45, 7) is 1.79. The van der Waals surface area contributed by atoms with Crippen molar-refractivity contribution in [3.63, 3.8) is 0 Å². The van der Waals surface area contributed by atoms with Crippen LogP contribution in [-0.4, -0.2) is 37.0 Å². The van der Waals surface area contributed by atoms with E-state index in [2.05, 4.69) is 11.4 Å². The number of carbonyl (C=O) groups is 1. The molecule has 0 saturated carbocycles. The topological polar surface area (TPSA) is 32.3 Å². The Morgan fingerprint density at radius 2 is 2.11 bits per heavy atom. The van der Waals surface area contributed by atoms with Gasteiger partial charge >= 0.3 is 0 Å².